The minimum absolute atomic E-state index is 0.284. The minimum Gasteiger partial charge on any atom is -0.392 e. The fourth-order valence-corrected chi connectivity index (χ4v) is 6.75. The van der Waals surface area contributed by atoms with Gasteiger partial charge in [-0.3, -0.25) is 4.90 Å². The maximum atomic E-state index is 11.0. The quantitative estimate of drug-likeness (QED) is 0.0365. The van der Waals surface area contributed by atoms with E-state index in [1.807, 2.05) is 0 Å². The van der Waals surface area contributed by atoms with E-state index in [4.69, 9.17) is 0 Å². The highest BCUT2D eigenvalue weighted by molar-refractivity contribution is 4.94. The lowest BCUT2D eigenvalue weighted by Crippen LogP contribution is -2.43. The third-order valence-electron chi connectivity index (χ3n) is 10.3. The Bertz CT molecular complexity index is 929. The second-order valence-electron chi connectivity index (χ2n) is 16.0. The summed E-state index contributed by atoms with van der Waals surface area (Å²) in [6.45, 7) is 11.9. The Kier molecular flexibility index (Phi) is 42.9. The van der Waals surface area contributed by atoms with E-state index in [-0.39, 0.29) is 18.3 Å². The normalized spacial score (nSPS) is 14.5. The van der Waals surface area contributed by atoms with Gasteiger partial charge < -0.3 is 25.5 Å². The Morgan fingerprint density at radius 3 is 1.21 bits per heavy atom. The van der Waals surface area contributed by atoms with E-state index in [0.29, 0.717) is 19.6 Å². The van der Waals surface area contributed by atoms with Crippen molar-refractivity contribution in [1.29, 1.82) is 0 Å². The first-order valence-electron chi connectivity index (χ1n) is 23.5. The molecule has 3 atom stereocenters. The number of aliphatic hydroxyl groups excluding tert-OH is 3. The molecule has 0 aliphatic rings. The third-order valence-corrected chi connectivity index (χ3v) is 10.3. The van der Waals surface area contributed by atoms with Gasteiger partial charge in [-0.2, -0.15) is 0 Å². The monoisotopic (exact) mass is 784 g/mol. The van der Waals surface area contributed by atoms with Gasteiger partial charge in [-0.15, -0.1) is 0 Å². The fourth-order valence-electron chi connectivity index (χ4n) is 6.75. The average Bonchev–Trinajstić information content (AvgIpc) is 3.18. The number of allylic oxidation sites excluding steroid dienone is 12. The number of hydrogen-bond donors (Lipinski definition) is 4. The van der Waals surface area contributed by atoms with Crippen molar-refractivity contribution in [3.8, 4) is 0 Å². The standard InChI is InChI=1S/C50H93N3O3/c1-5-8-11-14-17-20-23-26-29-32-35-38-48(54)45-51-41-42-52(4)43-44-53(46-49(55)39-36-33-30-27-24-21-18-15-12-9-6-2)47-50(56)40-37-34-31-28-25-22-19-16-13-10-7-3/h8-13,17-22,48-51,54-56H,5-7,14-16,23-47H2,1-4H3/b11-8-,12-9-,13-10-,20-17-,21-18-,22-19-. The third kappa shape index (κ3) is 41.8. The highest BCUT2D eigenvalue weighted by Gasteiger charge is 2.16. The molecule has 0 bridgehead atoms. The van der Waals surface area contributed by atoms with Gasteiger partial charge in [0.25, 0.3) is 0 Å². The van der Waals surface area contributed by atoms with Gasteiger partial charge in [0.05, 0.1) is 18.3 Å². The van der Waals surface area contributed by atoms with E-state index in [9.17, 15) is 15.3 Å². The Morgan fingerprint density at radius 2 is 0.804 bits per heavy atom. The maximum Gasteiger partial charge on any atom is 0.0667 e. The van der Waals surface area contributed by atoms with Crippen LogP contribution in [0.4, 0.5) is 0 Å². The number of nitrogens with zero attached hydrogens (tertiary/aromatic N) is 2. The summed E-state index contributed by atoms with van der Waals surface area (Å²) in [5.74, 6) is 0. The van der Waals surface area contributed by atoms with Gasteiger partial charge in [0.15, 0.2) is 0 Å². The summed E-state index contributed by atoms with van der Waals surface area (Å²) >= 11 is 0. The number of hydrogen-bond acceptors (Lipinski definition) is 6. The van der Waals surface area contributed by atoms with Crippen molar-refractivity contribution >= 4 is 0 Å². The molecule has 0 amide bonds. The topological polar surface area (TPSA) is 79.2 Å². The zero-order valence-electron chi connectivity index (χ0n) is 37.3. The Balaban J connectivity index is 4.47. The average molecular weight is 784 g/mol. The van der Waals surface area contributed by atoms with Crippen molar-refractivity contribution in [3.05, 3.63) is 72.9 Å². The van der Waals surface area contributed by atoms with E-state index < -0.39 is 0 Å². The molecule has 6 heteroatoms. The zero-order valence-corrected chi connectivity index (χ0v) is 37.3. The molecule has 0 aromatic carbocycles. The number of unbranched alkanes of at least 4 members (excludes halogenated alkanes) is 12. The molecule has 0 aromatic rings. The van der Waals surface area contributed by atoms with E-state index >= 15 is 0 Å². The lowest BCUT2D eigenvalue weighted by atomic mass is 10.1. The van der Waals surface area contributed by atoms with Gasteiger partial charge in [-0.05, 0) is 103 Å². The first-order valence-corrected chi connectivity index (χ1v) is 23.5. The van der Waals surface area contributed by atoms with E-state index in [1.54, 1.807) is 0 Å². The molecular weight excluding hydrogens is 691 g/mol. The van der Waals surface area contributed by atoms with Crippen molar-refractivity contribution in [3.63, 3.8) is 0 Å². The summed E-state index contributed by atoms with van der Waals surface area (Å²) in [6.07, 6.45) is 52.5. The molecule has 0 rings (SSSR count). The van der Waals surface area contributed by atoms with Crippen LogP contribution in [0.25, 0.3) is 0 Å². The van der Waals surface area contributed by atoms with Crippen molar-refractivity contribution in [2.24, 2.45) is 0 Å². The first-order chi connectivity index (χ1) is 27.4. The Labute approximate surface area is 348 Å². The molecule has 0 aromatic heterocycles. The number of rotatable bonds is 42. The summed E-state index contributed by atoms with van der Waals surface area (Å²) in [4.78, 5) is 4.61. The molecule has 0 fully saturated rings. The molecule has 3 unspecified atom stereocenters. The van der Waals surface area contributed by atoms with Gasteiger partial charge >= 0.3 is 0 Å². The molecule has 0 aliphatic heterocycles. The predicted octanol–water partition coefficient (Wildman–Crippen LogP) is 11.7. The van der Waals surface area contributed by atoms with Gasteiger partial charge in [-0.25, -0.2) is 0 Å². The van der Waals surface area contributed by atoms with Gasteiger partial charge in [0, 0.05) is 45.8 Å². The van der Waals surface area contributed by atoms with Crippen LogP contribution in [0, 0.1) is 0 Å². The van der Waals surface area contributed by atoms with E-state index in [2.05, 4.69) is 116 Å². The summed E-state index contributed by atoms with van der Waals surface area (Å²) in [6, 6.07) is 0. The molecule has 0 saturated carbocycles. The van der Waals surface area contributed by atoms with Gasteiger partial charge in [-0.1, -0.05) is 151 Å². The summed E-state index contributed by atoms with van der Waals surface area (Å²) in [5, 5.41) is 35.9. The second-order valence-corrected chi connectivity index (χ2v) is 16.0. The first kappa shape index (κ1) is 54.2. The van der Waals surface area contributed by atoms with Crippen LogP contribution in [0.5, 0.6) is 0 Å². The highest BCUT2D eigenvalue weighted by Crippen LogP contribution is 2.13. The van der Waals surface area contributed by atoms with Crippen molar-refractivity contribution in [2.75, 3.05) is 52.9 Å². The Morgan fingerprint density at radius 1 is 0.429 bits per heavy atom. The van der Waals surface area contributed by atoms with Gasteiger partial charge in [0.2, 0.25) is 0 Å². The predicted molar refractivity (Wildman–Crippen MR) is 247 cm³/mol. The smallest absolute Gasteiger partial charge is 0.0667 e. The number of likely N-dealkylation sites (N-methyl/N-ethyl adjacent to an activating group) is 1. The second kappa shape index (κ2) is 44.3. The summed E-state index contributed by atoms with van der Waals surface area (Å²) < 4.78 is 0. The van der Waals surface area contributed by atoms with Crippen LogP contribution in [0.3, 0.4) is 0 Å². The molecule has 0 spiro atoms. The molecule has 0 saturated heterocycles. The molecule has 326 valence electrons. The van der Waals surface area contributed by atoms with Crippen LogP contribution in [-0.4, -0.2) is 96.3 Å². The van der Waals surface area contributed by atoms with Crippen molar-refractivity contribution < 1.29 is 15.3 Å². The lowest BCUT2D eigenvalue weighted by Gasteiger charge is -2.29. The molecule has 56 heavy (non-hydrogen) atoms. The van der Waals surface area contributed by atoms with Crippen molar-refractivity contribution in [2.45, 2.75) is 193 Å². The Hall–Kier alpha value is -1.80. The van der Waals surface area contributed by atoms with Crippen LogP contribution >= 0.6 is 0 Å². The van der Waals surface area contributed by atoms with Crippen LogP contribution in [0.2, 0.25) is 0 Å². The molecule has 4 N–H and O–H groups in total. The molecule has 0 aliphatic carbocycles. The minimum atomic E-state index is -0.360. The number of aliphatic hydroxyl groups is 3. The molecule has 0 heterocycles. The maximum absolute atomic E-state index is 11.0. The highest BCUT2D eigenvalue weighted by atomic mass is 16.3. The fraction of sp³-hybridized carbons (Fsp3) is 0.760. The molecule has 6 nitrogen and oxygen atoms in total. The SMILES string of the molecule is CC/C=C\C/C=C\CCCCCCC(O)CNCCN(C)CCN(CC(O)CCCCCC/C=C\C/C=C\CC)CC(O)CCCCCC/C=C\C/C=C\CC. The molecule has 0 radical (unpaired) electrons. The van der Waals surface area contributed by atoms with Crippen LogP contribution in [0.15, 0.2) is 72.9 Å². The summed E-state index contributed by atoms with van der Waals surface area (Å²) in [5.41, 5.74) is 0. The number of nitrogens with one attached hydrogen (secondary N) is 1. The van der Waals surface area contributed by atoms with Crippen molar-refractivity contribution in [1.82, 2.24) is 15.1 Å². The zero-order chi connectivity index (χ0) is 41.0. The van der Waals surface area contributed by atoms with Gasteiger partial charge in [0.1, 0.15) is 0 Å². The van der Waals surface area contributed by atoms with Crippen LogP contribution in [0.1, 0.15) is 175 Å². The summed E-state index contributed by atoms with van der Waals surface area (Å²) in [7, 11) is 2.15. The largest absolute Gasteiger partial charge is 0.392 e. The van der Waals surface area contributed by atoms with E-state index in [1.165, 1.54) is 44.9 Å². The lowest BCUT2D eigenvalue weighted by molar-refractivity contribution is 0.0564. The molecular formula is C50H93N3O3. The van der Waals surface area contributed by atoms with Crippen LogP contribution in [-0.2, 0) is 0 Å². The van der Waals surface area contributed by atoms with E-state index in [0.717, 1.165) is 135 Å². The van der Waals surface area contributed by atoms with Crippen LogP contribution < -0.4 is 5.32 Å².